The van der Waals surface area contributed by atoms with Gasteiger partial charge in [-0.3, -0.25) is 0 Å². The van der Waals surface area contributed by atoms with Crippen LogP contribution in [0.1, 0.15) is 55.4 Å². The van der Waals surface area contributed by atoms with Gasteiger partial charge in [0.25, 0.3) is 0 Å². The van der Waals surface area contributed by atoms with Crippen molar-refractivity contribution in [1.29, 1.82) is 0 Å². The number of allylic oxidation sites excluding steroid dienone is 2. The molecule has 1 heteroatoms. The first-order valence-corrected chi connectivity index (χ1v) is 12.8. The third kappa shape index (κ3) is 3.62. The number of nitrogens with zero attached hydrogens (tertiary/aromatic N) is 1. The first-order chi connectivity index (χ1) is 16.9. The molecular formula is C34H33N. The third-order valence-electron chi connectivity index (χ3n) is 8.36. The lowest BCUT2D eigenvalue weighted by molar-refractivity contribution is 0.495. The number of hydrogen-bond donors (Lipinski definition) is 0. The Kier molecular flexibility index (Phi) is 5.18. The van der Waals surface area contributed by atoms with E-state index in [-0.39, 0.29) is 0 Å². The van der Waals surface area contributed by atoms with Crippen LogP contribution < -0.4 is 4.90 Å². The Morgan fingerprint density at radius 2 is 1.29 bits per heavy atom. The summed E-state index contributed by atoms with van der Waals surface area (Å²) in [4.78, 5) is 2.39. The standard InChI is InChI=1S/C34H33N/c1-23-9-5-7-11-32(23)35(33-12-8-6-10-24(33)2)29-16-13-26(14-17-29)27-15-18-30-25(3)28-19-20-34(4,22-28)31(30)21-27/h5-18,21H,19-20,22H2,1-4H3. The fourth-order valence-electron chi connectivity index (χ4n) is 6.20. The Balaban J connectivity index is 1.41. The predicted molar refractivity (Wildman–Crippen MR) is 150 cm³/mol. The van der Waals surface area contributed by atoms with Crippen molar-refractivity contribution in [2.75, 3.05) is 4.90 Å². The van der Waals surface area contributed by atoms with Crippen molar-refractivity contribution in [3.8, 4) is 11.1 Å². The molecule has 1 unspecified atom stereocenters. The summed E-state index contributed by atoms with van der Waals surface area (Å²) < 4.78 is 0. The van der Waals surface area contributed by atoms with Crippen LogP contribution in [0, 0.1) is 13.8 Å². The molecule has 0 spiro atoms. The van der Waals surface area contributed by atoms with Crippen molar-refractivity contribution in [1.82, 2.24) is 0 Å². The molecule has 1 saturated carbocycles. The molecule has 0 heterocycles. The summed E-state index contributed by atoms with van der Waals surface area (Å²) in [6, 6.07) is 33.5. The normalized spacial score (nSPS) is 18.5. The van der Waals surface area contributed by atoms with Crippen molar-refractivity contribution in [2.45, 2.75) is 52.4 Å². The topological polar surface area (TPSA) is 3.24 Å². The molecule has 1 atom stereocenters. The molecule has 0 N–H and O–H groups in total. The van der Waals surface area contributed by atoms with Crippen LogP contribution in [-0.2, 0) is 5.41 Å². The van der Waals surface area contributed by atoms with Gasteiger partial charge in [-0.05, 0) is 115 Å². The van der Waals surface area contributed by atoms with Gasteiger partial charge < -0.3 is 4.90 Å². The third-order valence-corrected chi connectivity index (χ3v) is 8.36. The second-order valence-corrected chi connectivity index (χ2v) is 10.7. The van der Waals surface area contributed by atoms with E-state index in [0.717, 1.165) is 0 Å². The van der Waals surface area contributed by atoms with Crippen LogP contribution in [0.2, 0.25) is 0 Å². The highest BCUT2D eigenvalue weighted by Gasteiger charge is 2.39. The van der Waals surface area contributed by atoms with E-state index in [2.05, 4.69) is 124 Å². The maximum absolute atomic E-state index is 2.47. The van der Waals surface area contributed by atoms with Gasteiger partial charge in [0.1, 0.15) is 0 Å². The fraction of sp³-hybridized carbons (Fsp3) is 0.235. The van der Waals surface area contributed by atoms with Gasteiger partial charge in [0.2, 0.25) is 0 Å². The number of para-hydroxylation sites is 2. The Morgan fingerprint density at radius 3 is 1.91 bits per heavy atom. The van der Waals surface area contributed by atoms with Crippen LogP contribution in [-0.4, -0.2) is 0 Å². The average molecular weight is 456 g/mol. The molecule has 4 aromatic carbocycles. The van der Waals surface area contributed by atoms with Gasteiger partial charge in [-0.2, -0.15) is 0 Å². The maximum Gasteiger partial charge on any atom is 0.0490 e. The zero-order chi connectivity index (χ0) is 24.2. The Hall–Kier alpha value is -3.58. The maximum atomic E-state index is 2.47. The SMILES string of the molecule is CC1=C2CCC(C)(C2)c2cc(-c3ccc(N(c4ccccc4C)c4ccccc4C)cc3)ccc21. The average Bonchev–Trinajstić information content (AvgIpc) is 3.25. The van der Waals surface area contributed by atoms with Gasteiger partial charge in [-0.15, -0.1) is 0 Å². The van der Waals surface area contributed by atoms with Crippen LogP contribution in [0.5, 0.6) is 0 Å². The van der Waals surface area contributed by atoms with E-state index in [1.165, 1.54) is 69.7 Å². The molecule has 1 nitrogen and oxygen atoms in total. The van der Waals surface area contributed by atoms with E-state index in [1.807, 2.05) is 0 Å². The van der Waals surface area contributed by atoms with E-state index in [9.17, 15) is 0 Å². The molecule has 1 fully saturated rings. The van der Waals surface area contributed by atoms with Gasteiger partial charge in [-0.1, -0.05) is 73.2 Å². The minimum absolute atomic E-state index is 0.298. The van der Waals surface area contributed by atoms with Crippen molar-refractivity contribution in [3.05, 3.63) is 119 Å². The lowest BCUT2D eigenvalue weighted by Crippen LogP contribution is -2.21. The lowest BCUT2D eigenvalue weighted by atomic mass is 9.73. The Labute approximate surface area is 209 Å². The first kappa shape index (κ1) is 21.9. The van der Waals surface area contributed by atoms with Crippen molar-refractivity contribution < 1.29 is 0 Å². The lowest BCUT2D eigenvalue weighted by Gasteiger charge is -2.31. The van der Waals surface area contributed by atoms with E-state index in [4.69, 9.17) is 0 Å². The summed E-state index contributed by atoms with van der Waals surface area (Å²) in [6.45, 7) is 9.15. The second-order valence-electron chi connectivity index (χ2n) is 10.7. The summed E-state index contributed by atoms with van der Waals surface area (Å²) >= 11 is 0. The van der Waals surface area contributed by atoms with Crippen LogP contribution in [0.4, 0.5) is 17.1 Å². The first-order valence-electron chi connectivity index (χ1n) is 12.8. The van der Waals surface area contributed by atoms with Crippen molar-refractivity contribution in [2.24, 2.45) is 0 Å². The zero-order valence-electron chi connectivity index (χ0n) is 21.2. The second kappa shape index (κ2) is 8.27. The molecule has 0 radical (unpaired) electrons. The molecule has 0 aromatic heterocycles. The highest BCUT2D eigenvalue weighted by atomic mass is 15.1. The summed E-state index contributed by atoms with van der Waals surface area (Å²) in [6.07, 6.45) is 3.77. The predicted octanol–water partition coefficient (Wildman–Crippen LogP) is 9.67. The van der Waals surface area contributed by atoms with Gasteiger partial charge in [-0.25, -0.2) is 0 Å². The van der Waals surface area contributed by atoms with E-state index >= 15 is 0 Å². The smallest absolute Gasteiger partial charge is 0.0490 e. The van der Waals surface area contributed by atoms with E-state index in [1.54, 1.807) is 11.1 Å². The number of benzene rings is 4. The largest absolute Gasteiger partial charge is 0.310 e. The van der Waals surface area contributed by atoms with Gasteiger partial charge in [0.05, 0.1) is 0 Å². The van der Waals surface area contributed by atoms with Crippen molar-refractivity contribution in [3.63, 3.8) is 0 Å². The van der Waals surface area contributed by atoms with Crippen LogP contribution in [0.25, 0.3) is 16.7 Å². The molecule has 2 aliphatic carbocycles. The van der Waals surface area contributed by atoms with Crippen LogP contribution in [0.3, 0.4) is 0 Å². The van der Waals surface area contributed by atoms with Gasteiger partial charge >= 0.3 is 0 Å². The molecule has 2 bridgehead atoms. The highest BCUT2D eigenvalue weighted by molar-refractivity contribution is 5.82. The summed E-state index contributed by atoms with van der Waals surface area (Å²) in [5, 5.41) is 0. The number of rotatable bonds is 4. The number of aryl methyl sites for hydroxylation is 2. The minimum atomic E-state index is 0.298. The molecule has 35 heavy (non-hydrogen) atoms. The highest BCUT2D eigenvalue weighted by Crippen LogP contribution is 2.53. The molecule has 4 aromatic rings. The summed E-state index contributed by atoms with van der Waals surface area (Å²) in [7, 11) is 0. The molecule has 0 aliphatic heterocycles. The van der Waals surface area contributed by atoms with Gasteiger partial charge in [0, 0.05) is 17.1 Å². The minimum Gasteiger partial charge on any atom is -0.310 e. The zero-order valence-corrected chi connectivity index (χ0v) is 21.2. The van der Waals surface area contributed by atoms with E-state index in [0.29, 0.717) is 5.41 Å². The molecule has 0 saturated heterocycles. The van der Waals surface area contributed by atoms with Crippen molar-refractivity contribution >= 4 is 22.6 Å². The quantitative estimate of drug-likeness (QED) is 0.296. The van der Waals surface area contributed by atoms with Gasteiger partial charge in [0.15, 0.2) is 0 Å². The Morgan fingerprint density at radius 1 is 0.686 bits per heavy atom. The van der Waals surface area contributed by atoms with Crippen LogP contribution in [0.15, 0.2) is 96.6 Å². The summed E-state index contributed by atoms with van der Waals surface area (Å²) in [5.74, 6) is 0. The monoisotopic (exact) mass is 455 g/mol. The molecule has 0 amide bonds. The number of anilines is 3. The molecule has 174 valence electrons. The number of fused-ring (bicyclic) bond motifs is 4. The molecule has 6 rings (SSSR count). The molecule has 2 aliphatic rings. The fourth-order valence-corrected chi connectivity index (χ4v) is 6.20. The summed E-state index contributed by atoms with van der Waals surface area (Å²) in [5.41, 5.74) is 15.2. The number of hydrogen-bond acceptors (Lipinski definition) is 1. The molecular weight excluding hydrogens is 422 g/mol. The Bertz CT molecular complexity index is 1410. The van der Waals surface area contributed by atoms with E-state index < -0.39 is 0 Å². The van der Waals surface area contributed by atoms with Crippen LogP contribution >= 0.6 is 0 Å².